The molecule has 0 saturated carbocycles. The van der Waals surface area contributed by atoms with Gasteiger partial charge in [-0.05, 0) is 37.0 Å². The highest BCUT2D eigenvalue weighted by atomic mass is 19.1. The van der Waals surface area contributed by atoms with Crippen LogP contribution in [0.4, 0.5) is 10.1 Å². The summed E-state index contributed by atoms with van der Waals surface area (Å²) in [5.74, 6) is -0.162. The maximum absolute atomic E-state index is 12.1. The first-order valence-electron chi connectivity index (χ1n) is 7.05. The van der Waals surface area contributed by atoms with Crippen molar-refractivity contribution in [1.82, 2.24) is 15.0 Å². The average molecular weight is 290 g/mol. The second-order valence-corrected chi connectivity index (χ2v) is 4.80. The van der Waals surface area contributed by atoms with Crippen LogP contribution in [-0.4, -0.2) is 27.6 Å². The fraction of sp³-hybridized carbons (Fsp3) is 0.400. The second-order valence-electron chi connectivity index (χ2n) is 4.80. The highest BCUT2D eigenvalue weighted by Gasteiger charge is 2.07. The van der Waals surface area contributed by atoms with Gasteiger partial charge in [-0.15, -0.1) is 5.10 Å². The molecule has 1 aromatic heterocycles. The van der Waals surface area contributed by atoms with E-state index in [1.165, 1.54) is 10.2 Å². The lowest BCUT2D eigenvalue weighted by atomic mass is 10.1. The monoisotopic (exact) mass is 290 g/mol. The van der Waals surface area contributed by atoms with Crippen LogP contribution in [0.1, 0.15) is 24.6 Å². The molecule has 0 aliphatic carbocycles. The molecular weight excluding hydrogens is 271 g/mol. The van der Waals surface area contributed by atoms with E-state index in [-0.39, 0.29) is 19.1 Å². The molecule has 1 amide bonds. The van der Waals surface area contributed by atoms with Crippen molar-refractivity contribution in [2.75, 3.05) is 12.0 Å². The maximum Gasteiger partial charge on any atom is 0.246 e. The molecule has 5 nitrogen and oxygen atoms in total. The first-order chi connectivity index (χ1) is 10.2. The molecule has 0 spiro atoms. The van der Waals surface area contributed by atoms with E-state index in [1.54, 1.807) is 6.20 Å². The van der Waals surface area contributed by atoms with E-state index in [0.717, 1.165) is 12.1 Å². The molecule has 2 rings (SSSR count). The molecule has 0 radical (unpaired) electrons. The zero-order valence-corrected chi connectivity index (χ0v) is 12.1. The summed E-state index contributed by atoms with van der Waals surface area (Å²) in [4.78, 5) is 11.9. The number of aromatic nitrogens is 3. The Balaban J connectivity index is 1.90. The topological polar surface area (TPSA) is 59.8 Å². The lowest BCUT2D eigenvalue weighted by Gasteiger charge is -2.06. The Labute approximate surface area is 123 Å². The van der Waals surface area contributed by atoms with Crippen LogP contribution in [0, 0.1) is 0 Å². The van der Waals surface area contributed by atoms with E-state index in [0.29, 0.717) is 18.5 Å². The Morgan fingerprint density at radius 2 is 2.29 bits per heavy atom. The van der Waals surface area contributed by atoms with Gasteiger partial charge in [-0.3, -0.25) is 9.18 Å². The van der Waals surface area contributed by atoms with Crippen molar-refractivity contribution in [2.24, 2.45) is 0 Å². The molecule has 0 atom stereocenters. The standard InChI is InChI=1S/C15H19FN4O/c1-2-12-5-3-6-13(9-12)17-15(21)11-20-10-14(18-19-20)7-4-8-16/h3,5-6,9-10H,2,4,7-8,11H2,1H3,(H,17,21). The quantitative estimate of drug-likeness (QED) is 0.851. The van der Waals surface area contributed by atoms with Crippen LogP contribution in [0.2, 0.25) is 0 Å². The van der Waals surface area contributed by atoms with Gasteiger partial charge < -0.3 is 5.32 Å². The number of aryl methyl sites for hydroxylation is 2. The number of halogens is 1. The van der Waals surface area contributed by atoms with Crippen LogP contribution in [0.25, 0.3) is 0 Å². The van der Waals surface area contributed by atoms with E-state index in [2.05, 4.69) is 22.6 Å². The summed E-state index contributed by atoms with van der Waals surface area (Å²) in [5.41, 5.74) is 2.65. The third-order valence-corrected chi connectivity index (χ3v) is 3.08. The van der Waals surface area contributed by atoms with Gasteiger partial charge in [0.25, 0.3) is 0 Å². The van der Waals surface area contributed by atoms with E-state index in [1.807, 2.05) is 24.3 Å². The molecule has 0 unspecified atom stereocenters. The van der Waals surface area contributed by atoms with Crippen LogP contribution in [0.5, 0.6) is 0 Å². The molecule has 112 valence electrons. The summed E-state index contributed by atoms with van der Waals surface area (Å²) in [7, 11) is 0. The van der Waals surface area contributed by atoms with Crippen molar-refractivity contribution < 1.29 is 9.18 Å². The summed E-state index contributed by atoms with van der Waals surface area (Å²) in [6.45, 7) is 1.79. The number of carbonyl (C=O) groups excluding carboxylic acids is 1. The number of benzene rings is 1. The van der Waals surface area contributed by atoms with Gasteiger partial charge in [-0.25, -0.2) is 4.68 Å². The summed E-state index contributed by atoms with van der Waals surface area (Å²) < 4.78 is 13.5. The number of nitrogens with zero attached hydrogens (tertiary/aromatic N) is 3. The van der Waals surface area contributed by atoms with E-state index >= 15 is 0 Å². The normalized spacial score (nSPS) is 10.6. The number of hydrogen-bond donors (Lipinski definition) is 1. The van der Waals surface area contributed by atoms with Gasteiger partial charge in [-0.2, -0.15) is 0 Å². The number of hydrogen-bond acceptors (Lipinski definition) is 3. The third kappa shape index (κ3) is 4.66. The first-order valence-corrected chi connectivity index (χ1v) is 7.05. The first kappa shape index (κ1) is 15.2. The van der Waals surface area contributed by atoms with Crippen molar-refractivity contribution >= 4 is 11.6 Å². The van der Waals surface area contributed by atoms with E-state index in [4.69, 9.17) is 0 Å². The summed E-state index contributed by atoms with van der Waals surface area (Å²) in [6, 6.07) is 7.74. The number of nitrogens with one attached hydrogen (secondary N) is 1. The fourth-order valence-electron chi connectivity index (χ4n) is 1.99. The third-order valence-electron chi connectivity index (χ3n) is 3.08. The Morgan fingerprint density at radius 3 is 3.05 bits per heavy atom. The van der Waals surface area contributed by atoms with Crippen LogP contribution >= 0.6 is 0 Å². The van der Waals surface area contributed by atoms with Gasteiger partial charge in [-0.1, -0.05) is 24.3 Å². The van der Waals surface area contributed by atoms with E-state index < -0.39 is 0 Å². The Kier molecular flexibility index (Phi) is 5.43. The minimum absolute atomic E-state index is 0.0962. The second kappa shape index (κ2) is 7.52. The number of anilines is 1. The predicted molar refractivity (Wildman–Crippen MR) is 78.8 cm³/mol. The fourth-order valence-corrected chi connectivity index (χ4v) is 1.99. The minimum Gasteiger partial charge on any atom is -0.324 e. The summed E-state index contributed by atoms with van der Waals surface area (Å²) >= 11 is 0. The zero-order valence-electron chi connectivity index (χ0n) is 12.1. The molecular formula is C15H19FN4O. The van der Waals surface area contributed by atoms with Gasteiger partial charge >= 0.3 is 0 Å². The molecule has 0 fully saturated rings. The summed E-state index contributed by atoms with van der Waals surface area (Å²) in [6.07, 6.45) is 3.56. The largest absolute Gasteiger partial charge is 0.324 e. The molecule has 1 aromatic carbocycles. The molecule has 1 N–H and O–H groups in total. The van der Waals surface area contributed by atoms with Crippen molar-refractivity contribution in [1.29, 1.82) is 0 Å². The van der Waals surface area contributed by atoms with E-state index in [9.17, 15) is 9.18 Å². The van der Waals surface area contributed by atoms with Crippen LogP contribution in [0.3, 0.4) is 0 Å². The lowest BCUT2D eigenvalue weighted by molar-refractivity contribution is -0.116. The smallest absolute Gasteiger partial charge is 0.246 e. The Hall–Kier alpha value is -2.24. The number of alkyl halides is 1. The Bertz CT molecular complexity index is 597. The SMILES string of the molecule is CCc1cccc(NC(=O)Cn2cc(CCCF)nn2)c1. The molecule has 6 heteroatoms. The zero-order chi connectivity index (χ0) is 15.1. The molecule has 0 bridgehead atoms. The maximum atomic E-state index is 12.1. The molecule has 0 saturated heterocycles. The molecule has 0 aliphatic heterocycles. The highest BCUT2D eigenvalue weighted by Crippen LogP contribution is 2.11. The van der Waals surface area contributed by atoms with Crippen LogP contribution in [0.15, 0.2) is 30.5 Å². The Morgan fingerprint density at radius 1 is 1.43 bits per heavy atom. The van der Waals surface area contributed by atoms with Crippen molar-refractivity contribution in [3.8, 4) is 0 Å². The minimum atomic E-state index is -0.374. The van der Waals surface area contributed by atoms with Gasteiger partial charge in [0, 0.05) is 11.9 Å². The molecule has 2 aromatic rings. The van der Waals surface area contributed by atoms with Crippen molar-refractivity contribution in [3.05, 3.63) is 41.7 Å². The van der Waals surface area contributed by atoms with Gasteiger partial charge in [0.2, 0.25) is 5.91 Å². The van der Waals surface area contributed by atoms with Gasteiger partial charge in [0.15, 0.2) is 0 Å². The number of amides is 1. The van der Waals surface area contributed by atoms with Crippen molar-refractivity contribution in [2.45, 2.75) is 32.7 Å². The highest BCUT2D eigenvalue weighted by molar-refractivity contribution is 5.90. The molecule has 0 aliphatic rings. The lowest BCUT2D eigenvalue weighted by Crippen LogP contribution is -2.19. The molecule has 21 heavy (non-hydrogen) atoms. The predicted octanol–water partition coefficient (Wildman–Crippen LogP) is 2.38. The average Bonchev–Trinajstić information content (AvgIpc) is 2.92. The van der Waals surface area contributed by atoms with Crippen molar-refractivity contribution in [3.63, 3.8) is 0 Å². The van der Waals surface area contributed by atoms with Crippen LogP contribution in [-0.2, 0) is 24.2 Å². The molecule has 1 heterocycles. The number of rotatable bonds is 7. The summed E-state index contributed by atoms with van der Waals surface area (Å²) in [5, 5.41) is 10.6. The van der Waals surface area contributed by atoms with Crippen LogP contribution < -0.4 is 5.32 Å². The van der Waals surface area contributed by atoms with Gasteiger partial charge in [0.05, 0.1) is 12.4 Å². The van der Waals surface area contributed by atoms with Gasteiger partial charge in [0.1, 0.15) is 6.54 Å². The number of carbonyl (C=O) groups is 1.